The van der Waals surface area contributed by atoms with Crippen LogP contribution in [-0.2, 0) is 37.4 Å². The monoisotopic (exact) mass is 695 g/mol. The molecule has 7 N–H and O–H groups in total. The van der Waals surface area contributed by atoms with Gasteiger partial charge in [0.2, 0.25) is 10.0 Å². The number of carbonyl (C=O) groups is 4. The Morgan fingerprint density at radius 3 is 2.46 bits per heavy atom. The number of allylic oxidation sites excluding steroid dienone is 2. The summed E-state index contributed by atoms with van der Waals surface area (Å²) in [5.74, 6) is -3.48. The fourth-order valence-electron chi connectivity index (χ4n) is 4.62. The summed E-state index contributed by atoms with van der Waals surface area (Å²) in [5.41, 5.74) is 5.47. The number of halogens is 1. The normalized spacial score (nSPS) is 18.2. The van der Waals surface area contributed by atoms with E-state index < -0.39 is 39.3 Å². The second-order valence-corrected chi connectivity index (χ2v) is 13.5. The number of rotatable bonds is 11. The standard InChI is InChI=1S/C24H24ClN3O7S2.C5H10N2O2/c1-24(22(32)33)11-15(21(30)31)7-8-18(24)20(29)10-16-13-36-23(27-16)28-37(34,35)9-3-5-14-4-2-6-19(25)17(14)12-26;8-5(9)7-3-1-6-2-4-7/h2-8,13H,9-12,26H2,1H3,(H,27,28)(H,30,31)(H,32,33);6H,1-4H2,(H,8,9)/t24-;/m1./s1. The average molecular weight is 696 g/mol. The lowest BCUT2D eigenvalue weighted by Gasteiger charge is -2.29. The Bertz CT molecular complexity index is 1680. The molecule has 248 valence electrons. The third-order valence-corrected chi connectivity index (χ3v) is 9.56. The third-order valence-electron chi connectivity index (χ3n) is 7.13. The molecule has 1 aliphatic carbocycles. The predicted molar refractivity (Wildman–Crippen MR) is 173 cm³/mol. The van der Waals surface area contributed by atoms with E-state index in [1.54, 1.807) is 24.3 Å². The Balaban J connectivity index is 0.000000549. The number of aromatic nitrogens is 1. The number of thiazole rings is 1. The molecular weight excluding hydrogens is 662 g/mol. The lowest BCUT2D eigenvalue weighted by atomic mass is 9.71. The number of nitrogens with one attached hydrogen (secondary N) is 2. The minimum absolute atomic E-state index is 0.0493. The molecule has 2 aliphatic rings. The predicted octanol–water partition coefficient (Wildman–Crippen LogP) is 2.82. The van der Waals surface area contributed by atoms with Crippen molar-refractivity contribution in [2.75, 3.05) is 36.7 Å². The van der Waals surface area contributed by atoms with Gasteiger partial charge in [0.15, 0.2) is 10.9 Å². The van der Waals surface area contributed by atoms with Crippen LogP contribution in [0.4, 0.5) is 9.93 Å². The number of carbonyl (C=O) groups excluding carboxylic acids is 1. The highest BCUT2D eigenvalue weighted by molar-refractivity contribution is 7.93. The molecule has 46 heavy (non-hydrogen) atoms. The van der Waals surface area contributed by atoms with Crippen molar-refractivity contribution in [3.05, 3.63) is 74.8 Å². The summed E-state index contributed by atoms with van der Waals surface area (Å²) in [6, 6.07) is 5.20. The van der Waals surface area contributed by atoms with E-state index in [2.05, 4.69) is 15.0 Å². The quantitative estimate of drug-likeness (QED) is 0.199. The first-order valence-corrected chi connectivity index (χ1v) is 16.8. The summed E-state index contributed by atoms with van der Waals surface area (Å²) in [6.45, 7) is 4.30. The smallest absolute Gasteiger partial charge is 0.407 e. The molecule has 0 unspecified atom stereocenters. The Morgan fingerprint density at radius 2 is 1.87 bits per heavy atom. The molecule has 2 aromatic rings. The van der Waals surface area contributed by atoms with E-state index in [0.29, 0.717) is 29.2 Å². The molecule has 17 heteroatoms. The van der Waals surface area contributed by atoms with Gasteiger partial charge in [-0.25, -0.2) is 23.0 Å². The van der Waals surface area contributed by atoms with Gasteiger partial charge in [0.05, 0.1) is 23.3 Å². The number of amides is 1. The summed E-state index contributed by atoms with van der Waals surface area (Å²) in [4.78, 5) is 51.9. The highest BCUT2D eigenvalue weighted by Gasteiger charge is 2.43. The molecule has 4 rings (SSSR count). The summed E-state index contributed by atoms with van der Waals surface area (Å²) in [7, 11) is -3.80. The van der Waals surface area contributed by atoms with Crippen molar-refractivity contribution in [3.63, 3.8) is 0 Å². The highest BCUT2D eigenvalue weighted by atomic mass is 35.5. The number of ketones is 1. The van der Waals surface area contributed by atoms with Crippen molar-refractivity contribution in [2.45, 2.75) is 26.3 Å². The second kappa shape index (κ2) is 16.0. The second-order valence-electron chi connectivity index (χ2n) is 10.5. The van der Waals surface area contributed by atoms with E-state index in [9.17, 15) is 37.8 Å². The summed E-state index contributed by atoms with van der Waals surface area (Å²) >= 11 is 7.09. The van der Waals surface area contributed by atoms with Crippen molar-refractivity contribution in [1.29, 1.82) is 0 Å². The Kier molecular flexibility index (Phi) is 12.6. The number of benzene rings is 1. The van der Waals surface area contributed by atoms with Gasteiger partial charge < -0.3 is 31.3 Å². The zero-order chi connectivity index (χ0) is 34.1. The Morgan fingerprint density at radius 1 is 1.17 bits per heavy atom. The van der Waals surface area contributed by atoms with Gasteiger partial charge in [0.25, 0.3) is 0 Å². The van der Waals surface area contributed by atoms with Crippen LogP contribution in [0.25, 0.3) is 6.08 Å². The molecule has 0 bridgehead atoms. The van der Waals surface area contributed by atoms with E-state index in [4.69, 9.17) is 22.4 Å². The van der Waals surface area contributed by atoms with E-state index in [1.165, 1.54) is 35.4 Å². The number of piperazine rings is 1. The van der Waals surface area contributed by atoms with Crippen molar-refractivity contribution in [2.24, 2.45) is 11.1 Å². The van der Waals surface area contributed by atoms with Gasteiger partial charge in [0, 0.05) is 54.3 Å². The number of nitrogens with zero attached hydrogens (tertiary/aromatic N) is 2. The molecule has 1 fully saturated rings. The van der Waals surface area contributed by atoms with E-state index in [0.717, 1.165) is 24.4 Å². The third kappa shape index (κ3) is 9.70. The zero-order valence-electron chi connectivity index (χ0n) is 24.7. The molecule has 1 aromatic heterocycles. The molecule has 14 nitrogen and oxygen atoms in total. The number of hydrogen-bond donors (Lipinski definition) is 6. The number of hydrogen-bond acceptors (Lipinski definition) is 10. The van der Waals surface area contributed by atoms with Gasteiger partial charge in [0.1, 0.15) is 0 Å². The van der Waals surface area contributed by atoms with Crippen LogP contribution in [0, 0.1) is 5.41 Å². The van der Waals surface area contributed by atoms with Gasteiger partial charge in [-0.05, 0) is 30.5 Å². The minimum atomic E-state index is -3.80. The van der Waals surface area contributed by atoms with Gasteiger partial charge in [-0.3, -0.25) is 14.3 Å². The number of sulfonamides is 1. The van der Waals surface area contributed by atoms with Crippen LogP contribution in [-0.4, -0.2) is 89.4 Å². The molecule has 1 amide bonds. The molecule has 0 spiro atoms. The first-order valence-electron chi connectivity index (χ1n) is 13.9. The molecule has 1 aromatic carbocycles. The zero-order valence-corrected chi connectivity index (χ0v) is 27.1. The lowest BCUT2D eigenvalue weighted by Crippen LogP contribution is -2.45. The lowest BCUT2D eigenvalue weighted by molar-refractivity contribution is -0.147. The fourth-order valence-corrected chi connectivity index (χ4v) is 6.75. The highest BCUT2D eigenvalue weighted by Crippen LogP contribution is 2.39. The minimum Gasteiger partial charge on any atom is -0.481 e. The Labute approximate surface area is 274 Å². The first kappa shape index (κ1) is 36.4. The van der Waals surface area contributed by atoms with Crippen LogP contribution in [0.1, 0.15) is 30.2 Å². The number of Topliss-reactive ketones (excluding diaryl/α,β-unsaturated/α-hetero) is 1. The van der Waals surface area contributed by atoms with Crippen LogP contribution >= 0.6 is 22.9 Å². The van der Waals surface area contributed by atoms with Gasteiger partial charge in [-0.2, -0.15) is 0 Å². The number of carboxylic acids is 2. The number of aliphatic carboxylic acids is 2. The maximum Gasteiger partial charge on any atom is 0.407 e. The van der Waals surface area contributed by atoms with E-state index in [-0.39, 0.29) is 47.1 Å². The summed E-state index contributed by atoms with van der Waals surface area (Å²) in [5, 5.41) is 32.4. The number of carboxylic acid groups (broad SMARTS) is 3. The maximum atomic E-state index is 12.9. The van der Waals surface area contributed by atoms with E-state index >= 15 is 0 Å². The molecule has 2 heterocycles. The van der Waals surface area contributed by atoms with Crippen LogP contribution < -0.4 is 15.8 Å². The molecule has 0 saturated carbocycles. The maximum absolute atomic E-state index is 12.9. The fraction of sp³-hybridized carbons (Fsp3) is 0.345. The van der Waals surface area contributed by atoms with Crippen LogP contribution in [0.3, 0.4) is 0 Å². The van der Waals surface area contributed by atoms with Gasteiger partial charge in [-0.1, -0.05) is 48.0 Å². The molecule has 1 saturated heterocycles. The molecular formula is C29H34ClN5O9S2. The van der Waals surface area contributed by atoms with Crippen LogP contribution in [0.5, 0.6) is 0 Å². The topological polar surface area (TPSA) is 229 Å². The van der Waals surface area contributed by atoms with Crippen molar-refractivity contribution >= 4 is 68.0 Å². The number of nitrogens with two attached hydrogens (primary N) is 1. The van der Waals surface area contributed by atoms with Crippen molar-refractivity contribution in [3.8, 4) is 0 Å². The Hall–Kier alpha value is -4.09. The summed E-state index contributed by atoms with van der Waals surface area (Å²) in [6.07, 6.45) is 4.06. The molecule has 1 atom stereocenters. The van der Waals surface area contributed by atoms with Crippen LogP contribution in [0.15, 0.2) is 53.0 Å². The summed E-state index contributed by atoms with van der Waals surface area (Å²) < 4.78 is 27.3. The average Bonchev–Trinajstić information content (AvgIpc) is 3.43. The van der Waals surface area contributed by atoms with Gasteiger partial charge in [-0.15, -0.1) is 11.3 Å². The van der Waals surface area contributed by atoms with Crippen molar-refractivity contribution in [1.82, 2.24) is 15.2 Å². The molecule has 1 aliphatic heterocycles. The first-order chi connectivity index (χ1) is 21.7. The van der Waals surface area contributed by atoms with E-state index in [1.807, 2.05) is 0 Å². The van der Waals surface area contributed by atoms with Gasteiger partial charge >= 0.3 is 18.0 Å². The molecule has 0 radical (unpaired) electrons. The largest absolute Gasteiger partial charge is 0.481 e. The SMILES string of the molecule is C[C@@]1(C(=O)O)CC(C(=O)O)=CC=C1C(=O)Cc1csc(NS(=O)(=O)CC=Cc2cccc(Cl)c2CN)n1.O=C(O)N1CCNCC1. The van der Waals surface area contributed by atoms with Crippen LogP contribution in [0.2, 0.25) is 5.02 Å². The van der Waals surface area contributed by atoms with Crippen molar-refractivity contribution < 1.29 is 42.9 Å². The number of anilines is 1.